The number of hydrogen-bond donors (Lipinski definition) is 0. The van der Waals surface area contributed by atoms with Crippen molar-refractivity contribution in [3.63, 3.8) is 0 Å². The fourth-order valence-electron chi connectivity index (χ4n) is 12.6. The molecule has 0 saturated heterocycles. The van der Waals surface area contributed by atoms with E-state index in [1.165, 1.54) is 139 Å². The Morgan fingerprint density at radius 3 is 1.65 bits per heavy atom. The van der Waals surface area contributed by atoms with Crippen LogP contribution >= 0.6 is 0 Å². The second-order valence-electron chi connectivity index (χ2n) is 19.5. The van der Waals surface area contributed by atoms with Crippen LogP contribution in [0.15, 0.2) is 200 Å². The Kier molecular flexibility index (Phi) is 7.79. The Hall–Kier alpha value is -7.54. The fraction of sp³-hybridized carbons (Fsp3) is 0.108. The van der Waals surface area contributed by atoms with Crippen molar-refractivity contribution in [1.29, 1.82) is 0 Å². The summed E-state index contributed by atoms with van der Waals surface area (Å²) in [4.78, 5) is 0. The Morgan fingerprint density at radius 2 is 0.877 bits per heavy atom. The summed E-state index contributed by atoms with van der Waals surface area (Å²) in [6, 6.07) is 76.7. The van der Waals surface area contributed by atoms with Crippen LogP contribution in [0.3, 0.4) is 0 Å². The average molecular weight is 827 g/mol. The van der Waals surface area contributed by atoms with Crippen molar-refractivity contribution in [3.05, 3.63) is 261 Å². The normalized spacial score (nSPS) is 14.5. The number of fused-ring (bicyclic) bond motifs is 13. The van der Waals surface area contributed by atoms with Gasteiger partial charge in [-0.1, -0.05) is 202 Å². The van der Waals surface area contributed by atoms with E-state index in [9.17, 15) is 0 Å². The highest BCUT2D eigenvalue weighted by molar-refractivity contribution is 6.06. The molecular weight excluding hydrogens is 781 g/mol. The molecule has 4 aliphatic carbocycles. The summed E-state index contributed by atoms with van der Waals surface area (Å²) in [7, 11) is 0. The van der Waals surface area contributed by atoms with Crippen LogP contribution in [0.2, 0.25) is 0 Å². The van der Waals surface area contributed by atoms with E-state index < -0.39 is 0 Å². The zero-order valence-corrected chi connectivity index (χ0v) is 36.8. The molecule has 0 amide bonds. The van der Waals surface area contributed by atoms with Crippen LogP contribution in [0.25, 0.3) is 77.5 Å². The molecule has 0 saturated carbocycles. The largest absolute Gasteiger partial charge is 0.0619 e. The van der Waals surface area contributed by atoms with Crippen LogP contribution in [0, 0.1) is 0 Å². The van der Waals surface area contributed by atoms with Crippen LogP contribution in [-0.2, 0) is 24.7 Å². The van der Waals surface area contributed by atoms with Crippen LogP contribution in [-0.4, -0.2) is 0 Å². The Morgan fingerprint density at radius 1 is 0.338 bits per heavy atom. The SMILES string of the molecule is CC1(C)c2ccccc2-c2ccc(C(c3ccc(-c4cccc5c4Cc4ccccc4-5)cc3)c3ccc4c(c3)-c3cc5ccccc5c(-c5cccc6c5Cc5ccccc5-6)c3C4)cc21. The summed E-state index contributed by atoms with van der Waals surface area (Å²) in [5, 5.41) is 2.65. The molecule has 1 atom stereocenters. The monoisotopic (exact) mass is 826 g/mol. The highest BCUT2D eigenvalue weighted by Crippen LogP contribution is 2.53. The van der Waals surface area contributed by atoms with Crippen molar-refractivity contribution in [2.75, 3.05) is 0 Å². The lowest BCUT2D eigenvalue weighted by molar-refractivity contribution is 0.659. The number of rotatable bonds is 5. The molecule has 306 valence electrons. The highest BCUT2D eigenvalue weighted by Gasteiger charge is 2.36. The van der Waals surface area contributed by atoms with Gasteiger partial charge in [0.2, 0.25) is 0 Å². The van der Waals surface area contributed by atoms with E-state index >= 15 is 0 Å². The summed E-state index contributed by atoms with van der Waals surface area (Å²) >= 11 is 0. The molecule has 0 fully saturated rings. The maximum atomic E-state index is 2.55. The lowest BCUT2D eigenvalue weighted by Crippen LogP contribution is -2.15. The summed E-state index contributed by atoms with van der Waals surface area (Å²) in [6.07, 6.45) is 2.88. The first-order valence-corrected chi connectivity index (χ1v) is 23.4. The van der Waals surface area contributed by atoms with Crippen molar-refractivity contribution < 1.29 is 0 Å². The molecule has 10 aromatic rings. The minimum atomic E-state index is -0.0884. The summed E-state index contributed by atoms with van der Waals surface area (Å²) in [5.74, 6) is 0.0461. The van der Waals surface area contributed by atoms with Crippen molar-refractivity contribution in [2.24, 2.45) is 0 Å². The predicted octanol–water partition coefficient (Wildman–Crippen LogP) is 16.4. The topological polar surface area (TPSA) is 0 Å². The quantitative estimate of drug-likeness (QED) is 0.152. The van der Waals surface area contributed by atoms with E-state index in [0.29, 0.717) is 0 Å². The smallest absolute Gasteiger partial charge is 0.0340 e. The van der Waals surface area contributed by atoms with Gasteiger partial charge in [-0.3, -0.25) is 0 Å². The predicted molar refractivity (Wildman–Crippen MR) is 271 cm³/mol. The van der Waals surface area contributed by atoms with E-state index in [2.05, 4.69) is 214 Å². The molecule has 14 rings (SSSR count). The first-order valence-electron chi connectivity index (χ1n) is 23.4. The molecule has 0 spiro atoms. The average Bonchev–Trinajstić information content (AvgIpc) is 4.09. The van der Waals surface area contributed by atoms with E-state index in [0.717, 1.165) is 19.3 Å². The molecule has 0 radical (unpaired) electrons. The molecule has 0 heteroatoms. The zero-order chi connectivity index (χ0) is 43.0. The van der Waals surface area contributed by atoms with E-state index in [-0.39, 0.29) is 11.3 Å². The molecular formula is C65H46. The van der Waals surface area contributed by atoms with Gasteiger partial charge in [-0.05, 0) is 170 Å². The zero-order valence-electron chi connectivity index (χ0n) is 36.8. The standard InChI is InChI=1S/C65H46/c1-65(2)61-24-10-9-19-53(61)54-32-31-46(38-62(54)65)63(40-27-25-39(26-28-40)47-20-11-21-51-48-16-6-3-13-41(48)33-57(47)51)45-30-29-44-36-60-59(56(44)37-45)35-43-15-5-8-18-50(43)64(60)55-23-12-22-52-49-17-7-4-14-42(49)34-58(52)55/h3-32,35,37-38,63H,33-34,36H2,1-2H3. The second-order valence-corrected chi connectivity index (χ2v) is 19.5. The maximum Gasteiger partial charge on any atom is 0.0340 e. The van der Waals surface area contributed by atoms with Gasteiger partial charge in [0.15, 0.2) is 0 Å². The number of benzene rings is 10. The Bertz CT molecular complexity index is 3650. The van der Waals surface area contributed by atoms with Crippen molar-refractivity contribution >= 4 is 10.8 Å². The van der Waals surface area contributed by atoms with Gasteiger partial charge in [0.25, 0.3) is 0 Å². The van der Waals surface area contributed by atoms with Gasteiger partial charge in [0.05, 0.1) is 0 Å². The van der Waals surface area contributed by atoms with Gasteiger partial charge in [0.1, 0.15) is 0 Å². The molecule has 65 heavy (non-hydrogen) atoms. The lowest BCUT2D eigenvalue weighted by atomic mass is 9.78. The fourth-order valence-corrected chi connectivity index (χ4v) is 12.6. The van der Waals surface area contributed by atoms with Crippen LogP contribution in [0.5, 0.6) is 0 Å². The van der Waals surface area contributed by atoms with Gasteiger partial charge >= 0.3 is 0 Å². The summed E-state index contributed by atoms with van der Waals surface area (Å²) < 4.78 is 0. The first-order chi connectivity index (χ1) is 32.0. The molecule has 1 unspecified atom stereocenters. The maximum absolute atomic E-state index is 2.55. The van der Waals surface area contributed by atoms with E-state index in [1.807, 2.05) is 0 Å². The Labute approximate surface area is 381 Å². The summed E-state index contributed by atoms with van der Waals surface area (Å²) in [6.45, 7) is 4.80. The molecule has 4 aliphatic rings. The van der Waals surface area contributed by atoms with Crippen molar-refractivity contribution in [3.8, 4) is 66.8 Å². The molecule has 0 N–H and O–H groups in total. The van der Waals surface area contributed by atoms with Gasteiger partial charge in [0, 0.05) is 11.3 Å². The first kappa shape index (κ1) is 36.9. The molecule has 0 nitrogen and oxygen atoms in total. The van der Waals surface area contributed by atoms with Gasteiger partial charge < -0.3 is 0 Å². The van der Waals surface area contributed by atoms with Crippen molar-refractivity contribution in [1.82, 2.24) is 0 Å². The molecule has 10 aromatic carbocycles. The minimum Gasteiger partial charge on any atom is -0.0619 e. The van der Waals surface area contributed by atoms with Crippen molar-refractivity contribution in [2.45, 2.75) is 44.4 Å². The molecule has 0 aliphatic heterocycles. The van der Waals surface area contributed by atoms with Gasteiger partial charge in [-0.2, -0.15) is 0 Å². The third kappa shape index (κ3) is 5.38. The minimum absolute atomic E-state index is 0.0461. The Balaban J connectivity index is 0.926. The van der Waals surface area contributed by atoms with E-state index in [4.69, 9.17) is 0 Å². The number of hydrogen-bond acceptors (Lipinski definition) is 0. The van der Waals surface area contributed by atoms with Crippen LogP contribution < -0.4 is 0 Å². The molecule has 0 aromatic heterocycles. The van der Waals surface area contributed by atoms with Crippen LogP contribution in [0.1, 0.15) is 81.0 Å². The third-order valence-corrected chi connectivity index (χ3v) is 15.7. The molecule has 0 heterocycles. The lowest BCUT2D eigenvalue weighted by Gasteiger charge is -2.25. The second kappa shape index (κ2) is 13.7. The summed E-state index contributed by atoms with van der Waals surface area (Å²) in [5.41, 5.74) is 31.7. The highest BCUT2D eigenvalue weighted by atomic mass is 14.4. The third-order valence-electron chi connectivity index (χ3n) is 15.7. The van der Waals surface area contributed by atoms with Crippen LogP contribution in [0.4, 0.5) is 0 Å². The van der Waals surface area contributed by atoms with Gasteiger partial charge in [-0.15, -0.1) is 0 Å². The van der Waals surface area contributed by atoms with E-state index in [1.54, 1.807) is 0 Å². The molecule has 0 bridgehead atoms. The van der Waals surface area contributed by atoms with Gasteiger partial charge in [-0.25, -0.2) is 0 Å².